The number of hydrogen-bond acceptors (Lipinski definition) is 3. The summed E-state index contributed by atoms with van der Waals surface area (Å²) < 4.78 is 5.59. The van der Waals surface area contributed by atoms with Crippen LogP contribution < -0.4 is 10.6 Å². The molecule has 0 aromatic carbocycles. The van der Waals surface area contributed by atoms with Crippen LogP contribution in [-0.4, -0.2) is 37.7 Å². The van der Waals surface area contributed by atoms with E-state index in [0.717, 1.165) is 37.8 Å². The third-order valence-corrected chi connectivity index (χ3v) is 4.77. The summed E-state index contributed by atoms with van der Waals surface area (Å²) in [5.74, 6) is 1.63. The summed E-state index contributed by atoms with van der Waals surface area (Å²) in [7, 11) is 1.67. The summed E-state index contributed by atoms with van der Waals surface area (Å²) in [6.45, 7) is 1.75. The molecule has 3 fully saturated rings. The third-order valence-electron chi connectivity index (χ3n) is 4.77. The van der Waals surface area contributed by atoms with Gasteiger partial charge < -0.3 is 15.4 Å². The van der Waals surface area contributed by atoms with Crippen molar-refractivity contribution in [2.75, 3.05) is 20.2 Å². The third kappa shape index (κ3) is 3.23. The summed E-state index contributed by atoms with van der Waals surface area (Å²) in [5, 5.41) is 6.60. The zero-order valence-corrected chi connectivity index (χ0v) is 12.4. The summed E-state index contributed by atoms with van der Waals surface area (Å²) in [6.07, 6.45) is 6.76. The fourth-order valence-corrected chi connectivity index (χ4v) is 3.17. The molecule has 110 valence electrons. The van der Waals surface area contributed by atoms with Gasteiger partial charge in [-0.25, -0.2) is 0 Å². The lowest BCUT2D eigenvalue weighted by molar-refractivity contribution is -0.147. The van der Waals surface area contributed by atoms with Gasteiger partial charge in [0.1, 0.15) is 5.60 Å². The minimum Gasteiger partial charge on any atom is -0.368 e. The molecule has 3 rings (SSSR count). The van der Waals surface area contributed by atoms with Crippen molar-refractivity contribution < 1.29 is 9.53 Å². The molecule has 0 aromatic heterocycles. The van der Waals surface area contributed by atoms with Crippen LogP contribution >= 0.6 is 12.4 Å². The molecular weight excluding hydrogens is 264 g/mol. The Hall–Kier alpha value is -0.320. The highest BCUT2D eigenvalue weighted by molar-refractivity contribution is 5.86. The summed E-state index contributed by atoms with van der Waals surface area (Å²) >= 11 is 0. The van der Waals surface area contributed by atoms with Gasteiger partial charge in [-0.15, -0.1) is 12.4 Å². The van der Waals surface area contributed by atoms with Crippen molar-refractivity contribution in [2.45, 2.75) is 50.2 Å². The van der Waals surface area contributed by atoms with E-state index in [-0.39, 0.29) is 18.3 Å². The fourth-order valence-electron chi connectivity index (χ4n) is 3.17. The van der Waals surface area contributed by atoms with Gasteiger partial charge in [-0.05, 0) is 63.5 Å². The number of carbonyl (C=O) groups excluding carboxylic acids is 1. The number of halogens is 1. The number of carbonyl (C=O) groups is 1. The van der Waals surface area contributed by atoms with E-state index in [1.165, 1.54) is 25.7 Å². The molecule has 0 bridgehead atoms. The van der Waals surface area contributed by atoms with Gasteiger partial charge in [0.15, 0.2) is 0 Å². The number of piperidine rings is 1. The summed E-state index contributed by atoms with van der Waals surface area (Å²) in [4.78, 5) is 12.6. The second-order valence-electron chi connectivity index (χ2n) is 6.12. The molecule has 5 heteroatoms. The Morgan fingerprint density at radius 1 is 1.21 bits per heavy atom. The standard InChI is InChI=1S/C14H24N2O2.ClH/c1-18-14(6-8-15-9-7-14)13(17)16-12(10-2-3-10)11-4-5-11;/h10-12,15H,2-9H2,1H3,(H,16,17);1H. The number of rotatable bonds is 5. The molecule has 3 aliphatic rings. The second kappa shape index (κ2) is 5.98. The maximum atomic E-state index is 12.6. The Morgan fingerprint density at radius 2 is 1.74 bits per heavy atom. The van der Waals surface area contributed by atoms with Crippen molar-refractivity contribution in [3.05, 3.63) is 0 Å². The van der Waals surface area contributed by atoms with Gasteiger partial charge in [-0.2, -0.15) is 0 Å². The van der Waals surface area contributed by atoms with Crippen molar-refractivity contribution in [1.29, 1.82) is 0 Å². The monoisotopic (exact) mass is 288 g/mol. The van der Waals surface area contributed by atoms with Crippen LogP contribution in [0.5, 0.6) is 0 Å². The van der Waals surface area contributed by atoms with Crippen LogP contribution in [0.25, 0.3) is 0 Å². The van der Waals surface area contributed by atoms with E-state index in [2.05, 4.69) is 10.6 Å². The topological polar surface area (TPSA) is 50.4 Å². The highest BCUT2D eigenvalue weighted by Crippen LogP contribution is 2.44. The minimum atomic E-state index is -0.576. The maximum absolute atomic E-state index is 12.6. The van der Waals surface area contributed by atoms with Gasteiger partial charge in [0.05, 0.1) is 0 Å². The molecule has 0 radical (unpaired) electrons. The lowest BCUT2D eigenvalue weighted by Gasteiger charge is -2.36. The van der Waals surface area contributed by atoms with Crippen molar-refractivity contribution in [3.63, 3.8) is 0 Å². The summed E-state index contributed by atoms with van der Waals surface area (Å²) in [5.41, 5.74) is -0.576. The molecule has 4 nitrogen and oxygen atoms in total. The molecule has 0 unspecified atom stereocenters. The number of ether oxygens (including phenoxy) is 1. The minimum absolute atomic E-state index is 0. The average molecular weight is 289 g/mol. The predicted molar refractivity (Wildman–Crippen MR) is 76.5 cm³/mol. The zero-order chi connectivity index (χ0) is 12.6. The molecule has 0 atom stereocenters. The molecule has 19 heavy (non-hydrogen) atoms. The van der Waals surface area contributed by atoms with E-state index in [4.69, 9.17) is 4.74 Å². The van der Waals surface area contributed by atoms with Crippen LogP contribution in [0, 0.1) is 11.8 Å². The Kier molecular flexibility index (Phi) is 4.75. The number of hydrogen-bond donors (Lipinski definition) is 2. The molecule has 1 amide bonds. The van der Waals surface area contributed by atoms with E-state index >= 15 is 0 Å². The highest BCUT2D eigenvalue weighted by atomic mass is 35.5. The normalized spacial score (nSPS) is 25.8. The SMILES string of the molecule is COC1(C(=O)NC(C2CC2)C2CC2)CCNCC1.Cl. The number of amides is 1. The van der Waals surface area contributed by atoms with Gasteiger partial charge in [-0.3, -0.25) is 4.79 Å². The molecule has 1 saturated heterocycles. The van der Waals surface area contributed by atoms with Crippen molar-refractivity contribution in [3.8, 4) is 0 Å². The molecule has 2 saturated carbocycles. The van der Waals surface area contributed by atoms with Gasteiger partial charge in [-0.1, -0.05) is 0 Å². The van der Waals surface area contributed by atoms with Crippen molar-refractivity contribution in [1.82, 2.24) is 10.6 Å². The smallest absolute Gasteiger partial charge is 0.252 e. The molecule has 0 aromatic rings. The van der Waals surface area contributed by atoms with Crippen molar-refractivity contribution >= 4 is 18.3 Å². The molecule has 1 aliphatic heterocycles. The van der Waals surface area contributed by atoms with Gasteiger partial charge in [0.2, 0.25) is 0 Å². The Balaban J connectivity index is 0.00000133. The first-order chi connectivity index (χ1) is 8.75. The largest absolute Gasteiger partial charge is 0.368 e. The fraction of sp³-hybridized carbons (Fsp3) is 0.929. The van der Waals surface area contributed by atoms with Gasteiger partial charge >= 0.3 is 0 Å². The lowest BCUT2D eigenvalue weighted by Crippen LogP contribution is -2.56. The van der Waals surface area contributed by atoms with Crippen molar-refractivity contribution in [2.24, 2.45) is 11.8 Å². The molecular formula is C14H25ClN2O2. The first-order valence-electron chi connectivity index (χ1n) is 7.32. The Morgan fingerprint density at radius 3 is 2.16 bits per heavy atom. The van der Waals surface area contributed by atoms with Gasteiger partial charge in [0, 0.05) is 13.2 Å². The van der Waals surface area contributed by atoms with E-state index in [1.54, 1.807) is 7.11 Å². The first kappa shape index (κ1) is 15.1. The van der Waals surface area contributed by atoms with Crippen LogP contribution in [0.2, 0.25) is 0 Å². The predicted octanol–water partition coefficient (Wildman–Crippen LogP) is 1.48. The number of methoxy groups -OCH3 is 1. The lowest BCUT2D eigenvalue weighted by atomic mass is 9.90. The van der Waals surface area contributed by atoms with E-state index in [0.29, 0.717) is 6.04 Å². The Labute approximate surface area is 121 Å². The van der Waals surface area contributed by atoms with Crippen LogP contribution in [0.4, 0.5) is 0 Å². The first-order valence-corrected chi connectivity index (χ1v) is 7.32. The number of nitrogens with one attached hydrogen (secondary N) is 2. The maximum Gasteiger partial charge on any atom is 0.252 e. The quantitative estimate of drug-likeness (QED) is 0.806. The Bertz CT molecular complexity index is 311. The molecule has 1 heterocycles. The van der Waals surface area contributed by atoms with E-state index in [9.17, 15) is 4.79 Å². The van der Waals surface area contributed by atoms with Crippen LogP contribution in [-0.2, 0) is 9.53 Å². The molecule has 2 N–H and O–H groups in total. The van der Waals surface area contributed by atoms with Crippen LogP contribution in [0.15, 0.2) is 0 Å². The van der Waals surface area contributed by atoms with Crippen LogP contribution in [0.3, 0.4) is 0 Å². The van der Waals surface area contributed by atoms with Gasteiger partial charge in [0.25, 0.3) is 5.91 Å². The highest BCUT2D eigenvalue weighted by Gasteiger charge is 2.46. The molecule has 0 spiro atoms. The van der Waals surface area contributed by atoms with E-state index < -0.39 is 5.60 Å². The van der Waals surface area contributed by atoms with E-state index in [1.807, 2.05) is 0 Å². The van der Waals surface area contributed by atoms with Crippen LogP contribution in [0.1, 0.15) is 38.5 Å². The average Bonchev–Trinajstić information content (AvgIpc) is 3.29. The zero-order valence-electron chi connectivity index (χ0n) is 11.6. The summed E-state index contributed by atoms with van der Waals surface area (Å²) in [6, 6.07) is 0.430. The molecule has 2 aliphatic carbocycles. The second-order valence-corrected chi connectivity index (χ2v) is 6.12.